The highest BCUT2D eigenvalue weighted by Crippen LogP contribution is 1.99. The van der Waals surface area contributed by atoms with E-state index >= 15 is 0 Å². The van der Waals surface area contributed by atoms with Crippen LogP contribution < -0.4 is 10.6 Å². The third kappa shape index (κ3) is 3.98. The van der Waals surface area contributed by atoms with Crippen molar-refractivity contribution in [3.63, 3.8) is 0 Å². The maximum Gasteiger partial charge on any atom is 0.251 e. The van der Waals surface area contributed by atoms with Crippen molar-refractivity contribution in [1.29, 1.82) is 0 Å². The second kappa shape index (κ2) is 6.93. The van der Waals surface area contributed by atoms with Crippen LogP contribution in [0.4, 0.5) is 0 Å². The SMILES string of the molecule is O=C(NCC=CC1CNCCO1)c1ccccc1. The Hall–Kier alpha value is -1.65. The Morgan fingerprint density at radius 3 is 3.00 bits per heavy atom. The molecule has 0 saturated carbocycles. The molecule has 0 bridgehead atoms. The van der Waals surface area contributed by atoms with E-state index < -0.39 is 0 Å². The zero-order valence-corrected chi connectivity index (χ0v) is 10.3. The van der Waals surface area contributed by atoms with Crippen molar-refractivity contribution < 1.29 is 9.53 Å². The van der Waals surface area contributed by atoms with Crippen molar-refractivity contribution in [2.24, 2.45) is 0 Å². The van der Waals surface area contributed by atoms with Crippen molar-refractivity contribution in [2.45, 2.75) is 6.10 Å². The maximum absolute atomic E-state index is 11.7. The molecule has 1 atom stereocenters. The number of amides is 1. The topological polar surface area (TPSA) is 50.4 Å². The summed E-state index contributed by atoms with van der Waals surface area (Å²) in [6.07, 6.45) is 4.03. The monoisotopic (exact) mass is 246 g/mol. The van der Waals surface area contributed by atoms with Crippen molar-refractivity contribution >= 4 is 5.91 Å². The van der Waals surface area contributed by atoms with Gasteiger partial charge in [0.2, 0.25) is 0 Å². The minimum Gasteiger partial charge on any atom is -0.372 e. The summed E-state index contributed by atoms with van der Waals surface area (Å²) < 4.78 is 5.51. The first kappa shape index (κ1) is 12.8. The molecule has 1 aromatic carbocycles. The Labute approximate surface area is 107 Å². The molecule has 1 fully saturated rings. The molecule has 18 heavy (non-hydrogen) atoms. The van der Waals surface area contributed by atoms with Gasteiger partial charge in [0.1, 0.15) is 0 Å². The van der Waals surface area contributed by atoms with Crippen LogP contribution in [0.1, 0.15) is 10.4 Å². The van der Waals surface area contributed by atoms with Gasteiger partial charge in [-0.3, -0.25) is 4.79 Å². The minimum absolute atomic E-state index is 0.0528. The lowest BCUT2D eigenvalue weighted by molar-refractivity contribution is 0.0590. The van der Waals surface area contributed by atoms with E-state index in [0.29, 0.717) is 12.1 Å². The largest absolute Gasteiger partial charge is 0.372 e. The van der Waals surface area contributed by atoms with Crippen LogP contribution in [0.15, 0.2) is 42.5 Å². The number of carbonyl (C=O) groups excluding carboxylic acids is 1. The molecule has 1 amide bonds. The van der Waals surface area contributed by atoms with Gasteiger partial charge < -0.3 is 15.4 Å². The van der Waals surface area contributed by atoms with Crippen LogP contribution in [0.5, 0.6) is 0 Å². The number of carbonyl (C=O) groups is 1. The molecular weight excluding hydrogens is 228 g/mol. The van der Waals surface area contributed by atoms with Crippen molar-refractivity contribution in [3.05, 3.63) is 48.0 Å². The normalized spacial score (nSPS) is 19.9. The minimum atomic E-state index is -0.0528. The van der Waals surface area contributed by atoms with E-state index in [1.165, 1.54) is 0 Å². The van der Waals surface area contributed by atoms with Gasteiger partial charge in [-0.15, -0.1) is 0 Å². The Morgan fingerprint density at radius 1 is 1.44 bits per heavy atom. The number of nitrogens with one attached hydrogen (secondary N) is 2. The fraction of sp³-hybridized carbons (Fsp3) is 0.357. The van der Waals surface area contributed by atoms with Gasteiger partial charge in [0.25, 0.3) is 5.91 Å². The van der Waals surface area contributed by atoms with Crippen molar-refractivity contribution in [1.82, 2.24) is 10.6 Å². The average Bonchev–Trinajstić information content (AvgIpc) is 2.45. The third-order valence-electron chi connectivity index (χ3n) is 2.72. The number of rotatable bonds is 4. The molecule has 1 aliphatic rings. The molecule has 4 nitrogen and oxygen atoms in total. The van der Waals surface area contributed by atoms with Crippen molar-refractivity contribution in [3.8, 4) is 0 Å². The standard InChI is InChI=1S/C14H18N2O2/c17-14(12-5-2-1-3-6-12)16-8-4-7-13-11-15-9-10-18-13/h1-7,13,15H,8-11H2,(H,16,17). The molecule has 1 aromatic rings. The number of morpholine rings is 1. The van der Waals surface area contributed by atoms with E-state index in [1.807, 2.05) is 30.4 Å². The third-order valence-corrected chi connectivity index (χ3v) is 2.72. The average molecular weight is 246 g/mol. The van der Waals surface area contributed by atoms with E-state index in [0.717, 1.165) is 19.7 Å². The zero-order chi connectivity index (χ0) is 12.6. The van der Waals surface area contributed by atoms with Gasteiger partial charge in [0, 0.05) is 25.2 Å². The first-order chi connectivity index (χ1) is 8.86. The van der Waals surface area contributed by atoms with E-state index in [9.17, 15) is 4.79 Å². The molecule has 4 heteroatoms. The van der Waals surface area contributed by atoms with Crippen LogP contribution in [0.25, 0.3) is 0 Å². The van der Waals surface area contributed by atoms with Gasteiger partial charge in [-0.2, -0.15) is 0 Å². The van der Waals surface area contributed by atoms with Crippen LogP contribution in [0.3, 0.4) is 0 Å². The zero-order valence-electron chi connectivity index (χ0n) is 10.3. The molecule has 1 aliphatic heterocycles. The van der Waals surface area contributed by atoms with E-state index in [4.69, 9.17) is 4.74 Å². The molecule has 1 heterocycles. The second-order valence-corrected chi connectivity index (χ2v) is 4.12. The Morgan fingerprint density at radius 2 is 2.28 bits per heavy atom. The number of hydrogen-bond donors (Lipinski definition) is 2. The fourth-order valence-electron chi connectivity index (χ4n) is 1.77. The fourth-order valence-corrected chi connectivity index (χ4v) is 1.77. The second-order valence-electron chi connectivity index (χ2n) is 4.12. The molecule has 0 radical (unpaired) electrons. The quantitative estimate of drug-likeness (QED) is 0.778. The molecule has 2 rings (SSSR count). The highest BCUT2D eigenvalue weighted by molar-refractivity contribution is 5.94. The predicted molar refractivity (Wildman–Crippen MR) is 70.5 cm³/mol. The van der Waals surface area contributed by atoms with Crippen LogP contribution in [-0.2, 0) is 4.74 Å². The number of benzene rings is 1. The molecule has 2 N–H and O–H groups in total. The van der Waals surface area contributed by atoms with Crippen molar-refractivity contribution in [2.75, 3.05) is 26.2 Å². The van der Waals surface area contributed by atoms with Crippen LogP contribution in [0, 0.1) is 0 Å². The summed E-state index contributed by atoms with van der Waals surface area (Å²) >= 11 is 0. The van der Waals surface area contributed by atoms with E-state index in [2.05, 4.69) is 10.6 Å². The lowest BCUT2D eigenvalue weighted by Crippen LogP contribution is -2.37. The van der Waals surface area contributed by atoms with E-state index in [1.54, 1.807) is 12.1 Å². The van der Waals surface area contributed by atoms with Gasteiger partial charge in [-0.25, -0.2) is 0 Å². The summed E-state index contributed by atoms with van der Waals surface area (Å²) in [5.41, 5.74) is 0.682. The first-order valence-corrected chi connectivity index (χ1v) is 6.18. The summed E-state index contributed by atoms with van der Waals surface area (Å²) in [6.45, 7) is 3.01. The Bertz CT molecular complexity index is 398. The van der Waals surface area contributed by atoms with Gasteiger partial charge in [-0.05, 0) is 12.1 Å². The summed E-state index contributed by atoms with van der Waals surface area (Å²) in [6, 6.07) is 9.20. The Balaban J connectivity index is 1.71. The molecular formula is C14H18N2O2. The van der Waals surface area contributed by atoms with Crippen LogP contribution in [-0.4, -0.2) is 38.3 Å². The lowest BCUT2D eigenvalue weighted by atomic mass is 10.2. The van der Waals surface area contributed by atoms with Gasteiger partial charge in [-0.1, -0.05) is 30.4 Å². The highest BCUT2D eigenvalue weighted by atomic mass is 16.5. The molecule has 0 aliphatic carbocycles. The summed E-state index contributed by atoms with van der Waals surface area (Å²) in [4.78, 5) is 11.7. The maximum atomic E-state index is 11.7. The molecule has 0 aromatic heterocycles. The lowest BCUT2D eigenvalue weighted by Gasteiger charge is -2.20. The highest BCUT2D eigenvalue weighted by Gasteiger charge is 2.08. The number of hydrogen-bond acceptors (Lipinski definition) is 3. The summed E-state index contributed by atoms with van der Waals surface area (Å²) in [5, 5.41) is 6.08. The van der Waals surface area contributed by atoms with Gasteiger partial charge in [0.15, 0.2) is 0 Å². The van der Waals surface area contributed by atoms with E-state index in [-0.39, 0.29) is 12.0 Å². The number of ether oxygens (including phenoxy) is 1. The first-order valence-electron chi connectivity index (χ1n) is 6.18. The van der Waals surface area contributed by atoms with Crippen LogP contribution in [0.2, 0.25) is 0 Å². The van der Waals surface area contributed by atoms with Gasteiger partial charge >= 0.3 is 0 Å². The molecule has 1 saturated heterocycles. The van der Waals surface area contributed by atoms with Crippen LogP contribution >= 0.6 is 0 Å². The molecule has 96 valence electrons. The summed E-state index contributed by atoms with van der Waals surface area (Å²) in [7, 11) is 0. The molecule has 1 unspecified atom stereocenters. The smallest absolute Gasteiger partial charge is 0.251 e. The Kier molecular flexibility index (Phi) is 4.93. The summed E-state index contributed by atoms with van der Waals surface area (Å²) in [5.74, 6) is -0.0528. The predicted octanol–water partition coefficient (Wildman–Crippen LogP) is 0.961. The van der Waals surface area contributed by atoms with Gasteiger partial charge in [0.05, 0.1) is 12.7 Å². The molecule has 0 spiro atoms.